The number of ether oxygens (including phenoxy) is 1. The predicted octanol–water partition coefficient (Wildman–Crippen LogP) is -0.137. The second-order valence-electron chi connectivity index (χ2n) is 4.04. The van der Waals surface area contributed by atoms with E-state index in [0.29, 0.717) is 26.2 Å². The van der Waals surface area contributed by atoms with Crippen LogP contribution in [0.3, 0.4) is 0 Å². The molecule has 18 heavy (non-hydrogen) atoms. The second-order valence-corrected chi connectivity index (χ2v) is 4.04. The van der Waals surface area contributed by atoms with Gasteiger partial charge in [0.2, 0.25) is 5.78 Å². The van der Waals surface area contributed by atoms with Crippen LogP contribution in [0.5, 0.6) is 0 Å². The Bertz CT molecular complexity index is 423. The quantitative estimate of drug-likeness (QED) is 0.590. The second kappa shape index (κ2) is 5.19. The Morgan fingerprint density at radius 3 is 2.67 bits per heavy atom. The van der Waals surface area contributed by atoms with Gasteiger partial charge in [0.05, 0.1) is 0 Å². The predicted molar refractivity (Wildman–Crippen MR) is 61.1 cm³/mol. The highest BCUT2D eigenvalue weighted by atomic mass is 16.7. The van der Waals surface area contributed by atoms with Crippen LogP contribution < -0.4 is 5.32 Å². The fourth-order valence-corrected chi connectivity index (χ4v) is 2.08. The number of aliphatic hydroxyl groups excluding tert-OH is 1. The van der Waals surface area contributed by atoms with Gasteiger partial charge in [-0.1, -0.05) is 0 Å². The molecule has 1 aliphatic carbocycles. The van der Waals surface area contributed by atoms with Crippen LogP contribution in [0.1, 0.15) is 0 Å². The van der Waals surface area contributed by atoms with E-state index in [1.54, 1.807) is 4.90 Å². The molecule has 1 heterocycles. The van der Waals surface area contributed by atoms with Crippen LogP contribution >= 0.6 is 0 Å². The highest BCUT2D eigenvalue weighted by Crippen LogP contribution is 2.21. The van der Waals surface area contributed by atoms with Gasteiger partial charge in [0.1, 0.15) is 11.8 Å². The Hall–Kier alpha value is -1.86. The highest BCUT2D eigenvalue weighted by Gasteiger charge is 2.36. The molecular formula is C11H14N2O5. The smallest absolute Gasteiger partial charge is 0.504 e. The van der Waals surface area contributed by atoms with Crippen molar-refractivity contribution in [2.45, 2.75) is 6.04 Å². The average molecular weight is 254 g/mol. The van der Waals surface area contributed by atoms with Crippen molar-refractivity contribution >= 4 is 11.9 Å². The molecule has 0 radical (unpaired) electrons. The van der Waals surface area contributed by atoms with Gasteiger partial charge in [0, 0.05) is 26.2 Å². The summed E-state index contributed by atoms with van der Waals surface area (Å²) in [6.45, 7) is 2.58. The lowest BCUT2D eigenvalue weighted by Crippen LogP contribution is -2.53. The van der Waals surface area contributed by atoms with Crippen molar-refractivity contribution < 1.29 is 24.5 Å². The summed E-state index contributed by atoms with van der Waals surface area (Å²) >= 11 is 0. The zero-order valence-corrected chi connectivity index (χ0v) is 9.63. The topological polar surface area (TPSA) is 99.1 Å². The molecule has 1 unspecified atom stereocenters. The summed E-state index contributed by atoms with van der Waals surface area (Å²) in [5, 5.41) is 21.2. The van der Waals surface area contributed by atoms with E-state index in [1.165, 1.54) is 6.08 Å². The highest BCUT2D eigenvalue weighted by molar-refractivity contribution is 6.01. The minimum absolute atomic E-state index is 0.0344. The standard InChI is InChI=1S/C11H14N2O5/c14-7-1-2-8(18-11(16)17)9(10(7)15)13-5-3-12-4-6-13/h1-2,9,12,14H,3-6H2,(H,16,17). The lowest BCUT2D eigenvalue weighted by atomic mass is 10.0. The van der Waals surface area contributed by atoms with E-state index in [9.17, 15) is 14.7 Å². The molecule has 0 aromatic heterocycles. The van der Waals surface area contributed by atoms with Gasteiger partial charge >= 0.3 is 6.16 Å². The van der Waals surface area contributed by atoms with Crippen LogP contribution in [0.15, 0.2) is 23.7 Å². The first kappa shape index (κ1) is 12.6. The average Bonchev–Trinajstić information content (AvgIpc) is 2.35. The molecule has 1 fully saturated rings. The first-order chi connectivity index (χ1) is 8.59. The summed E-state index contributed by atoms with van der Waals surface area (Å²) in [5.41, 5.74) is 0. The van der Waals surface area contributed by atoms with Gasteiger partial charge in [-0.15, -0.1) is 0 Å². The molecule has 1 saturated heterocycles. The maximum atomic E-state index is 11.9. The monoisotopic (exact) mass is 254 g/mol. The third kappa shape index (κ3) is 2.52. The molecule has 0 saturated carbocycles. The zero-order chi connectivity index (χ0) is 13.1. The van der Waals surface area contributed by atoms with E-state index in [4.69, 9.17) is 5.11 Å². The number of aliphatic hydroxyl groups is 1. The van der Waals surface area contributed by atoms with Gasteiger partial charge in [0.25, 0.3) is 0 Å². The molecule has 2 rings (SSSR count). The van der Waals surface area contributed by atoms with E-state index in [0.717, 1.165) is 6.08 Å². The Morgan fingerprint density at radius 2 is 2.06 bits per heavy atom. The lowest BCUT2D eigenvalue weighted by molar-refractivity contribution is -0.123. The Balaban J connectivity index is 2.22. The van der Waals surface area contributed by atoms with Crippen molar-refractivity contribution in [1.82, 2.24) is 10.2 Å². The normalized spacial score (nSPS) is 25.3. The van der Waals surface area contributed by atoms with Crippen molar-refractivity contribution in [2.24, 2.45) is 0 Å². The number of nitrogens with zero attached hydrogens (tertiary/aromatic N) is 1. The number of rotatable bonds is 2. The van der Waals surface area contributed by atoms with Crippen molar-refractivity contribution in [2.75, 3.05) is 26.2 Å². The number of carboxylic acid groups (broad SMARTS) is 1. The molecule has 2 aliphatic rings. The zero-order valence-electron chi connectivity index (χ0n) is 9.63. The number of hydrogen-bond acceptors (Lipinski definition) is 6. The molecule has 7 heteroatoms. The van der Waals surface area contributed by atoms with E-state index in [1.807, 2.05) is 0 Å². The number of nitrogens with one attached hydrogen (secondary N) is 1. The van der Waals surface area contributed by atoms with Gasteiger partial charge in [0.15, 0.2) is 5.76 Å². The summed E-state index contributed by atoms with van der Waals surface area (Å²) in [7, 11) is 0. The molecule has 3 N–H and O–H groups in total. The van der Waals surface area contributed by atoms with Crippen LogP contribution in [0, 0.1) is 0 Å². The minimum atomic E-state index is -1.47. The molecule has 0 aromatic carbocycles. The first-order valence-electron chi connectivity index (χ1n) is 5.60. The molecule has 0 aromatic rings. The summed E-state index contributed by atoms with van der Waals surface area (Å²) in [4.78, 5) is 24.3. The summed E-state index contributed by atoms with van der Waals surface area (Å²) < 4.78 is 4.61. The van der Waals surface area contributed by atoms with Crippen molar-refractivity contribution in [3.63, 3.8) is 0 Å². The molecular weight excluding hydrogens is 240 g/mol. The Morgan fingerprint density at radius 1 is 1.39 bits per heavy atom. The van der Waals surface area contributed by atoms with E-state index in [2.05, 4.69) is 10.1 Å². The number of carbonyl (C=O) groups is 2. The molecule has 1 atom stereocenters. The van der Waals surface area contributed by atoms with Crippen LogP contribution in [0.25, 0.3) is 0 Å². The van der Waals surface area contributed by atoms with Crippen LogP contribution in [0.4, 0.5) is 4.79 Å². The largest absolute Gasteiger partial charge is 0.511 e. The van der Waals surface area contributed by atoms with E-state index >= 15 is 0 Å². The van der Waals surface area contributed by atoms with Crippen LogP contribution in [-0.4, -0.2) is 59.3 Å². The van der Waals surface area contributed by atoms with Crippen molar-refractivity contribution in [1.29, 1.82) is 0 Å². The Kier molecular flexibility index (Phi) is 3.63. The summed E-state index contributed by atoms with van der Waals surface area (Å²) in [5.74, 6) is -0.876. The fraction of sp³-hybridized carbons (Fsp3) is 0.455. The van der Waals surface area contributed by atoms with Gasteiger partial charge in [-0.05, 0) is 12.2 Å². The van der Waals surface area contributed by atoms with Crippen molar-refractivity contribution in [3.8, 4) is 0 Å². The van der Waals surface area contributed by atoms with Crippen molar-refractivity contribution in [3.05, 3.63) is 23.7 Å². The van der Waals surface area contributed by atoms with Gasteiger partial charge in [-0.3, -0.25) is 9.69 Å². The number of carbonyl (C=O) groups excluding carboxylic acids is 1. The van der Waals surface area contributed by atoms with E-state index in [-0.39, 0.29) is 11.5 Å². The summed E-state index contributed by atoms with van der Waals surface area (Å²) in [6.07, 6.45) is 1.00. The molecule has 98 valence electrons. The minimum Gasteiger partial charge on any atom is -0.504 e. The summed E-state index contributed by atoms with van der Waals surface area (Å²) in [6, 6.07) is -0.854. The third-order valence-corrected chi connectivity index (χ3v) is 2.90. The van der Waals surface area contributed by atoms with Gasteiger partial charge in [-0.2, -0.15) is 0 Å². The molecule has 0 amide bonds. The first-order valence-corrected chi connectivity index (χ1v) is 5.60. The SMILES string of the molecule is O=C(O)OC1=CC=C(O)C(=O)C1N1CCNCC1. The van der Waals surface area contributed by atoms with E-state index < -0.39 is 18.0 Å². The van der Waals surface area contributed by atoms with Gasteiger partial charge in [-0.25, -0.2) is 4.79 Å². The molecule has 0 bridgehead atoms. The number of hydrogen-bond donors (Lipinski definition) is 3. The van der Waals surface area contributed by atoms with Crippen LogP contribution in [-0.2, 0) is 9.53 Å². The lowest BCUT2D eigenvalue weighted by Gasteiger charge is -2.34. The molecule has 1 aliphatic heterocycles. The van der Waals surface area contributed by atoms with Crippen LogP contribution in [0.2, 0.25) is 0 Å². The number of piperazine rings is 1. The maximum absolute atomic E-state index is 11.9. The maximum Gasteiger partial charge on any atom is 0.511 e. The third-order valence-electron chi connectivity index (χ3n) is 2.90. The van der Waals surface area contributed by atoms with Gasteiger partial charge < -0.3 is 20.3 Å². The number of Topliss-reactive ketones (excluding diaryl/α,β-unsaturated/α-hetero) is 1. The number of allylic oxidation sites excluding steroid dienone is 2. The molecule has 0 spiro atoms. The fourth-order valence-electron chi connectivity index (χ4n) is 2.08. The molecule has 7 nitrogen and oxygen atoms in total. The Labute approximate surface area is 103 Å². The number of ketones is 1.